The van der Waals surface area contributed by atoms with Gasteiger partial charge in [-0.3, -0.25) is 9.97 Å². The van der Waals surface area contributed by atoms with Crippen LogP contribution in [0.4, 0.5) is 10.1 Å². The first kappa shape index (κ1) is 15.9. The lowest BCUT2D eigenvalue weighted by Gasteiger charge is -2.14. The highest BCUT2D eigenvalue weighted by atomic mass is 19.1. The number of pyridine rings is 2. The summed E-state index contributed by atoms with van der Waals surface area (Å²) in [5, 5.41) is 3.72. The van der Waals surface area contributed by atoms with Gasteiger partial charge in [0.15, 0.2) is 0 Å². The number of anilines is 1. The fourth-order valence-electron chi connectivity index (χ4n) is 2.41. The second-order valence-corrected chi connectivity index (χ2v) is 5.14. The maximum atomic E-state index is 13.7. The first-order valence-electron chi connectivity index (χ1n) is 7.57. The molecule has 24 heavy (non-hydrogen) atoms. The normalized spacial score (nSPS) is 10.6. The molecule has 5 nitrogen and oxygen atoms in total. The number of aromatic nitrogens is 2. The van der Waals surface area contributed by atoms with Gasteiger partial charge in [0.05, 0.1) is 17.8 Å². The van der Waals surface area contributed by atoms with E-state index in [9.17, 15) is 9.18 Å². The van der Waals surface area contributed by atoms with Gasteiger partial charge < -0.3 is 10.1 Å². The zero-order valence-electron chi connectivity index (χ0n) is 13.1. The van der Waals surface area contributed by atoms with Crippen molar-refractivity contribution in [3.8, 4) is 0 Å². The molecule has 2 aromatic heterocycles. The van der Waals surface area contributed by atoms with Crippen molar-refractivity contribution in [2.75, 3.05) is 11.9 Å². The number of fused-ring (bicyclic) bond motifs is 1. The van der Waals surface area contributed by atoms with Crippen LogP contribution in [0.25, 0.3) is 10.9 Å². The van der Waals surface area contributed by atoms with Crippen LogP contribution >= 0.6 is 0 Å². The standard InChI is InChI=1S/C18H16FN3O2/c1-2-24-18(23)15-11-21-16-6-5-13(19)8-14(16)17(15)22-10-12-4-3-7-20-9-12/h3-9,11H,2,10H2,1H3,(H,21,22). The van der Waals surface area contributed by atoms with Crippen LogP contribution in [0.5, 0.6) is 0 Å². The Kier molecular flexibility index (Phi) is 4.65. The minimum atomic E-state index is -0.496. The summed E-state index contributed by atoms with van der Waals surface area (Å²) in [5.74, 6) is -0.889. The maximum Gasteiger partial charge on any atom is 0.341 e. The number of nitrogens with one attached hydrogen (secondary N) is 1. The third-order valence-electron chi connectivity index (χ3n) is 3.52. The summed E-state index contributed by atoms with van der Waals surface area (Å²) in [6.07, 6.45) is 4.86. The Labute approximate surface area is 138 Å². The number of carbonyl (C=O) groups excluding carboxylic acids is 1. The average Bonchev–Trinajstić information content (AvgIpc) is 2.60. The number of halogens is 1. The van der Waals surface area contributed by atoms with Gasteiger partial charge in [-0.2, -0.15) is 0 Å². The number of carbonyl (C=O) groups is 1. The molecule has 0 spiro atoms. The maximum absolute atomic E-state index is 13.7. The second kappa shape index (κ2) is 7.04. The van der Waals surface area contributed by atoms with Crippen molar-refractivity contribution in [1.29, 1.82) is 0 Å². The van der Waals surface area contributed by atoms with Crippen molar-refractivity contribution in [3.05, 3.63) is 65.9 Å². The lowest BCUT2D eigenvalue weighted by molar-refractivity contribution is 0.0527. The van der Waals surface area contributed by atoms with Crippen molar-refractivity contribution in [3.63, 3.8) is 0 Å². The Morgan fingerprint density at radius 2 is 2.17 bits per heavy atom. The number of hydrogen-bond donors (Lipinski definition) is 1. The molecular weight excluding hydrogens is 309 g/mol. The van der Waals surface area contributed by atoms with Crippen LogP contribution in [0.15, 0.2) is 48.9 Å². The van der Waals surface area contributed by atoms with E-state index in [1.807, 2.05) is 12.1 Å². The lowest BCUT2D eigenvalue weighted by Crippen LogP contribution is -2.11. The molecule has 1 aromatic carbocycles. The molecule has 0 saturated carbocycles. The molecule has 1 N–H and O–H groups in total. The van der Waals surface area contributed by atoms with Crippen molar-refractivity contribution in [2.24, 2.45) is 0 Å². The van der Waals surface area contributed by atoms with E-state index >= 15 is 0 Å². The molecular formula is C18H16FN3O2. The number of nitrogens with zero attached hydrogens (tertiary/aromatic N) is 2. The van der Waals surface area contributed by atoms with Gasteiger partial charge >= 0.3 is 5.97 Å². The quantitative estimate of drug-likeness (QED) is 0.727. The zero-order chi connectivity index (χ0) is 16.9. The largest absolute Gasteiger partial charge is 0.462 e. The van der Waals surface area contributed by atoms with E-state index in [2.05, 4.69) is 15.3 Å². The van der Waals surface area contributed by atoms with Crippen LogP contribution in [-0.2, 0) is 11.3 Å². The fraction of sp³-hybridized carbons (Fsp3) is 0.167. The van der Waals surface area contributed by atoms with Crippen molar-refractivity contribution < 1.29 is 13.9 Å². The minimum Gasteiger partial charge on any atom is -0.462 e. The van der Waals surface area contributed by atoms with Crippen LogP contribution < -0.4 is 5.32 Å². The van der Waals surface area contributed by atoms with Crippen LogP contribution in [0, 0.1) is 5.82 Å². The monoisotopic (exact) mass is 325 g/mol. The van der Waals surface area contributed by atoms with E-state index in [1.165, 1.54) is 18.3 Å². The molecule has 3 rings (SSSR count). The Bertz CT molecular complexity index is 869. The molecule has 0 amide bonds. The molecule has 0 aliphatic carbocycles. The topological polar surface area (TPSA) is 64.1 Å². The molecule has 0 aliphatic heterocycles. The molecule has 0 unspecified atom stereocenters. The Hall–Kier alpha value is -3.02. The Balaban J connectivity index is 2.04. The number of rotatable bonds is 5. The number of benzene rings is 1. The van der Waals surface area contributed by atoms with E-state index < -0.39 is 11.8 Å². The zero-order valence-corrected chi connectivity index (χ0v) is 13.1. The minimum absolute atomic E-state index is 0.252. The summed E-state index contributed by atoms with van der Waals surface area (Å²) < 4.78 is 18.8. The molecule has 6 heteroatoms. The lowest BCUT2D eigenvalue weighted by atomic mass is 10.1. The van der Waals surface area contributed by atoms with Crippen LogP contribution in [0.2, 0.25) is 0 Å². The highest BCUT2D eigenvalue weighted by Crippen LogP contribution is 2.28. The molecule has 0 atom stereocenters. The van der Waals surface area contributed by atoms with E-state index in [0.29, 0.717) is 23.1 Å². The van der Waals surface area contributed by atoms with E-state index in [4.69, 9.17) is 4.74 Å². The molecule has 0 aliphatic rings. The van der Waals surface area contributed by atoms with E-state index in [0.717, 1.165) is 5.56 Å². The molecule has 122 valence electrons. The number of ether oxygens (including phenoxy) is 1. The summed E-state index contributed by atoms with van der Waals surface area (Å²) in [6, 6.07) is 8.01. The molecule has 0 saturated heterocycles. The predicted octanol–water partition coefficient (Wildman–Crippen LogP) is 3.56. The van der Waals surface area contributed by atoms with Crippen LogP contribution in [0.1, 0.15) is 22.8 Å². The number of hydrogen-bond acceptors (Lipinski definition) is 5. The summed E-state index contributed by atoms with van der Waals surface area (Å²) in [5.41, 5.74) is 2.31. The highest BCUT2D eigenvalue weighted by Gasteiger charge is 2.17. The first-order chi connectivity index (χ1) is 11.7. The van der Waals surface area contributed by atoms with Gasteiger partial charge in [-0.25, -0.2) is 9.18 Å². The summed E-state index contributed by atoms with van der Waals surface area (Å²) in [7, 11) is 0. The third kappa shape index (κ3) is 3.32. The first-order valence-corrected chi connectivity index (χ1v) is 7.57. The predicted molar refractivity (Wildman–Crippen MR) is 89.2 cm³/mol. The van der Waals surface area contributed by atoms with Gasteiger partial charge in [-0.15, -0.1) is 0 Å². The summed E-state index contributed by atoms with van der Waals surface area (Å²) >= 11 is 0. The highest BCUT2D eigenvalue weighted by molar-refractivity contribution is 6.04. The van der Waals surface area contributed by atoms with Gasteiger partial charge in [0, 0.05) is 30.5 Å². The van der Waals surface area contributed by atoms with E-state index in [1.54, 1.807) is 25.4 Å². The summed E-state index contributed by atoms with van der Waals surface area (Å²) in [6.45, 7) is 2.42. The average molecular weight is 325 g/mol. The van der Waals surface area contributed by atoms with Gasteiger partial charge in [-0.05, 0) is 36.8 Å². The van der Waals surface area contributed by atoms with Crippen molar-refractivity contribution >= 4 is 22.6 Å². The molecule has 3 aromatic rings. The van der Waals surface area contributed by atoms with Crippen LogP contribution in [0.3, 0.4) is 0 Å². The third-order valence-corrected chi connectivity index (χ3v) is 3.52. The van der Waals surface area contributed by atoms with Gasteiger partial charge in [0.1, 0.15) is 11.4 Å². The Morgan fingerprint density at radius 3 is 2.92 bits per heavy atom. The van der Waals surface area contributed by atoms with Gasteiger partial charge in [-0.1, -0.05) is 6.07 Å². The van der Waals surface area contributed by atoms with Crippen molar-refractivity contribution in [1.82, 2.24) is 9.97 Å². The van der Waals surface area contributed by atoms with E-state index in [-0.39, 0.29) is 12.2 Å². The molecule has 2 heterocycles. The number of esters is 1. The molecule has 0 bridgehead atoms. The van der Waals surface area contributed by atoms with Gasteiger partial charge in [0.2, 0.25) is 0 Å². The smallest absolute Gasteiger partial charge is 0.341 e. The molecule has 0 radical (unpaired) electrons. The van der Waals surface area contributed by atoms with Crippen LogP contribution in [-0.4, -0.2) is 22.5 Å². The Morgan fingerprint density at radius 1 is 1.29 bits per heavy atom. The molecule has 0 fully saturated rings. The van der Waals surface area contributed by atoms with Crippen molar-refractivity contribution in [2.45, 2.75) is 13.5 Å². The fourth-order valence-corrected chi connectivity index (χ4v) is 2.41. The summed E-state index contributed by atoms with van der Waals surface area (Å²) in [4.78, 5) is 20.5. The SMILES string of the molecule is CCOC(=O)c1cnc2ccc(F)cc2c1NCc1cccnc1. The second-order valence-electron chi connectivity index (χ2n) is 5.14. The van der Waals surface area contributed by atoms with Gasteiger partial charge in [0.25, 0.3) is 0 Å².